The average molecular weight is 206 g/mol. The van der Waals surface area contributed by atoms with E-state index in [9.17, 15) is 5.11 Å². The molecular formula is C12H18N2O. The molecule has 1 aliphatic carbocycles. The van der Waals surface area contributed by atoms with Crippen LogP contribution in [0, 0.1) is 5.41 Å². The first kappa shape index (κ1) is 10.6. The summed E-state index contributed by atoms with van der Waals surface area (Å²) in [6, 6.07) is 4.03. The molecule has 82 valence electrons. The van der Waals surface area contributed by atoms with Crippen molar-refractivity contribution in [2.45, 2.75) is 25.8 Å². The second-order valence-electron chi connectivity index (χ2n) is 4.47. The first-order valence-electron chi connectivity index (χ1n) is 5.55. The number of nitrogens with zero attached hydrogens (tertiary/aromatic N) is 1. The maximum Gasteiger partial charge on any atom is 0.0499 e. The Labute approximate surface area is 90.5 Å². The summed E-state index contributed by atoms with van der Waals surface area (Å²) in [7, 11) is 0. The second kappa shape index (κ2) is 4.73. The van der Waals surface area contributed by atoms with E-state index in [4.69, 9.17) is 0 Å². The van der Waals surface area contributed by atoms with E-state index in [1.165, 1.54) is 12.0 Å². The molecule has 0 amide bonds. The van der Waals surface area contributed by atoms with Crippen LogP contribution in [-0.4, -0.2) is 23.2 Å². The van der Waals surface area contributed by atoms with E-state index in [1.807, 2.05) is 24.5 Å². The quantitative estimate of drug-likeness (QED) is 0.764. The molecule has 15 heavy (non-hydrogen) atoms. The SMILES string of the molecule is OCC1(CNCc2ccncc2)CCC1. The van der Waals surface area contributed by atoms with Gasteiger partial charge in [0.15, 0.2) is 0 Å². The van der Waals surface area contributed by atoms with Crippen molar-refractivity contribution in [3.05, 3.63) is 30.1 Å². The fourth-order valence-corrected chi connectivity index (χ4v) is 2.04. The minimum atomic E-state index is 0.174. The zero-order valence-corrected chi connectivity index (χ0v) is 8.95. The fourth-order valence-electron chi connectivity index (χ4n) is 2.04. The molecule has 2 N–H and O–H groups in total. The second-order valence-corrected chi connectivity index (χ2v) is 4.47. The van der Waals surface area contributed by atoms with E-state index in [0.717, 1.165) is 25.9 Å². The molecule has 2 rings (SSSR count). The summed E-state index contributed by atoms with van der Waals surface area (Å²) < 4.78 is 0. The number of aliphatic hydroxyl groups is 1. The molecule has 0 saturated heterocycles. The van der Waals surface area contributed by atoms with Crippen LogP contribution in [-0.2, 0) is 6.54 Å². The van der Waals surface area contributed by atoms with E-state index < -0.39 is 0 Å². The molecule has 0 spiro atoms. The van der Waals surface area contributed by atoms with Gasteiger partial charge in [-0.25, -0.2) is 0 Å². The van der Waals surface area contributed by atoms with Gasteiger partial charge >= 0.3 is 0 Å². The van der Waals surface area contributed by atoms with Crippen molar-refractivity contribution in [3.8, 4) is 0 Å². The molecule has 0 aromatic carbocycles. The van der Waals surface area contributed by atoms with Crippen molar-refractivity contribution in [1.82, 2.24) is 10.3 Å². The summed E-state index contributed by atoms with van der Waals surface area (Å²) in [4.78, 5) is 3.98. The molecule has 1 aromatic rings. The Morgan fingerprint density at radius 1 is 1.33 bits per heavy atom. The standard InChI is InChI=1S/C12H18N2O/c15-10-12(4-1-5-12)9-14-8-11-2-6-13-7-3-11/h2-3,6-7,14-15H,1,4-5,8-10H2. The Morgan fingerprint density at radius 2 is 2.07 bits per heavy atom. The Hall–Kier alpha value is -0.930. The summed E-state index contributed by atoms with van der Waals surface area (Å²) in [6.45, 7) is 2.10. The molecule has 1 fully saturated rings. The molecule has 1 heterocycles. The van der Waals surface area contributed by atoms with Gasteiger partial charge in [-0.2, -0.15) is 0 Å². The van der Waals surface area contributed by atoms with Crippen molar-refractivity contribution in [2.24, 2.45) is 5.41 Å². The zero-order valence-electron chi connectivity index (χ0n) is 8.95. The van der Waals surface area contributed by atoms with Crippen molar-refractivity contribution < 1.29 is 5.11 Å². The molecule has 0 atom stereocenters. The molecule has 0 radical (unpaired) electrons. The maximum absolute atomic E-state index is 9.28. The molecular weight excluding hydrogens is 188 g/mol. The Kier molecular flexibility index (Phi) is 3.34. The van der Waals surface area contributed by atoms with E-state index in [0.29, 0.717) is 6.61 Å². The summed E-state index contributed by atoms with van der Waals surface area (Å²) in [5, 5.41) is 12.7. The highest BCUT2D eigenvalue weighted by molar-refractivity contribution is 5.09. The molecule has 3 heteroatoms. The lowest BCUT2D eigenvalue weighted by molar-refractivity contribution is 0.0445. The number of aromatic nitrogens is 1. The number of nitrogens with one attached hydrogen (secondary N) is 1. The Morgan fingerprint density at radius 3 is 2.60 bits per heavy atom. The van der Waals surface area contributed by atoms with E-state index >= 15 is 0 Å². The van der Waals surface area contributed by atoms with E-state index in [2.05, 4.69) is 10.3 Å². The molecule has 0 aliphatic heterocycles. The van der Waals surface area contributed by atoms with Crippen molar-refractivity contribution in [1.29, 1.82) is 0 Å². The van der Waals surface area contributed by atoms with Crippen LogP contribution in [0.15, 0.2) is 24.5 Å². The molecule has 1 saturated carbocycles. The van der Waals surface area contributed by atoms with Gasteiger partial charge in [0.2, 0.25) is 0 Å². The third-order valence-corrected chi connectivity index (χ3v) is 3.33. The topological polar surface area (TPSA) is 45.1 Å². The largest absolute Gasteiger partial charge is 0.396 e. The first-order chi connectivity index (χ1) is 7.35. The molecule has 0 unspecified atom stereocenters. The third kappa shape index (κ3) is 2.55. The summed E-state index contributed by atoms with van der Waals surface area (Å²) in [6.07, 6.45) is 7.20. The van der Waals surface area contributed by atoms with Crippen LogP contribution in [0.5, 0.6) is 0 Å². The lowest BCUT2D eigenvalue weighted by Crippen LogP contribution is -2.42. The van der Waals surface area contributed by atoms with Crippen LogP contribution >= 0.6 is 0 Å². The van der Waals surface area contributed by atoms with Gasteiger partial charge in [0, 0.05) is 37.5 Å². The van der Waals surface area contributed by atoms with Crippen LogP contribution in [0.25, 0.3) is 0 Å². The van der Waals surface area contributed by atoms with E-state index in [-0.39, 0.29) is 5.41 Å². The van der Waals surface area contributed by atoms with Crippen LogP contribution in [0.4, 0.5) is 0 Å². The minimum Gasteiger partial charge on any atom is -0.396 e. The Bertz CT molecular complexity index is 290. The lowest BCUT2D eigenvalue weighted by Gasteiger charge is -2.40. The van der Waals surface area contributed by atoms with E-state index in [1.54, 1.807) is 0 Å². The summed E-state index contributed by atoms with van der Waals surface area (Å²) in [5.74, 6) is 0. The average Bonchev–Trinajstić information content (AvgIpc) is 2.24. The molecule has 1 aliphatic rings. The highest BCUT2D eigenvalue weighted by atomic mass is 16.3. The minimum absolute atomic E-state index is 0.174. The first-order valence-corrected chi connectivity index (χ1v) is 5.55. The monoisotopic (exact) mass is 206 g/mol. The highest BCUT2D eigenvalue weighted by Crippen LogP contribution is 2.39. The molecule has 3 nitrogen and oxygen atoms in total. The number of pyridine rings is 1. The van der Waals surface area contributed by atoms with Gasteiger partial charge in [-0.05, 0) is 30.5 Å². The molecule has 1 aromatic heterocycles. The predicted molar refractivity (Wildman–Crippen MR) is 59.3 cm³/mol. The third-order valence-electron chi connectivity index (χ3n) is 3.33. The Balaban J connectivity index is 1.75. The smallest absolute Gasteiger partial charge is 0.0499 e. The summed E-state index contributed by atoms with van der Waals surface area (Å²) >= 11 is 0. The van der Waals surface area contributed by atoms with Crippen molar-refractivity contribution >= 4 is 0 Å². The van der Waals surface area contributed by atoms with Crippen LogP contribution in [0.1, 0.15) is 24.8 Å². The number of hydrogen-bond donors (Lipinski definition) is 2. The fraction of sp³-hybridized carbons (Fsp3) is 0.583. The normalized spacial score (nSPS) is 18.5. The van der Waals surface area contributed by atoms with Crippen molar-refractivity contribution in [3.63, 3.8) is 0 Å². The highest BCUT2D eigenvalue weighted by Gasteiger charge is 2.35. The van der Waals surface area contributed by atoms with Gasteiger partial charge < -0.3 is 10.4 Å². The summed E-state index contributed by atoms with van der Waals surface area (Å²) in [5.41, 5.74) is 1.42. The predicted octanol–water partition coefficient (Wildman–Crippen LogP) is 1.33. The van der Waals surface area contributed by atoms with Gasteiger partial charge in [0.05, 0.1) is 0 Å². The van der Waals surface area contributed by atoms with Gasteiger partial charge in [0.1, 0.15) is 0 Å². The van der Waals surface area contributed by atoms with Crippen LogP contribution in [0.3, 0.4) is 0 Å². The number of aliphatic hydroxyl groups excluding tert-OH is 1. The van der Waals surface area contributed by atoms with Gasteiger partial charge in [-0.1, -0.05) is 6.42 Å². The maximum atomic E-state index is 9.28. The van der Waals surface area contributed by atoms with Crippen LogP contribution < -0.4 is 5.32 Å². The lowest BCUT2D eigenvalue weighted by atomic mass is 9.69. The van der Waals surface area contributed by atoms with Crippen LogP contribution in [0.2, 0.25) is 0 Å². The molecule has 0 bridgehead atoms. The van der Waals surface area contributed by atoms with Gasteiger partial charge in [0.25, 0.3) is 0 Å². The number of rotatable bonds is 5. The van der Waals surface area contributed by atoms with Crippen molar-refractivity contribution in [2.75, 3.05) is 13.2 Å². The zero-order chi connectivity index (χ0) is 10.6. The number of hydrogen-bond acceptors (Lipinski definition) is 3. The van der Waals surface area contributed by atoms with Gasteiger partial charge in [-0.15, -0.1) is 0 Å². The van der Waals surface area contributed by atoms with Gasteiger partial charge in [-0.3, -0.25) is 4.98 Å².